The molecule has 3 rings (SSSR count). The van der Waals surface area contributed by atoms with Gasteiger partial charge in [-0.25, -0.2) is 0 Å². The average molecular weight is 567 g/mol. The number of amides is 1. The molecule has 2 N–H and O–H groups in total. The van der Waals surface area contributed by atoms with Crippen molar-refractivity contribution >= 4 is 41.5 Å². The number of carbonyl (C=O) groups excluding carboxylic acids is 1. The number of methoxy groups -OCH3 is 2. The van der Waals surface area contributed by atoms with Gasteiger partial charge in [0.15, 0.2) is 5.96 Å². The molecule has 1 saturated heterocycles. The van der Waals surface area contributed by atoms with Gasteiger partial charge in [-0.15, -0.1) is 24.0 Å². The summed E-state index contributed by atoms with van der Waals surface area (Å²) in [4.78, 5) is 21.7. The molecule has 0 radical (unpaired) electrons. The van der Waals surface area contributed by atoms with Crippen molar-refractivity contribution in [2.75, 3.05) is 64.9 Å². The van der Waals surface area contributed by atoms with Gasteiger partial charge in [-0.2, -0.15) is 0 Å². The molecule has 0 atom stereocenters. The molecule has 0 bridgehead atoms. The summed E-state index contributed by atoms with van der Waals surface area (Å²) in [6.45, 7) is 7.40. The van der Waals surface area contributed by atoms with Crippen molar-refractivity contribution in [2.24, 2.45) is 4.99 Å². The lowest BCUT2D eigenvalue weighted by Crippen LogP contribution is -2.52. The zero-order valence-electron chi connectivity index (χ0n) is 19.5. The number of rotatable bonds is 8. The first-order chi connectivity index (χ1) is 15.6. The number of piperazine rings is 1. The smallest absolute Gasteiger partial charge is 0.251 e. The number of benzene rings is 2. The van der Waals surface area contributed by atoms with E-state index in [0.29, 0.717) is 24.4 Å². The van der Waals surface area contributed by atoms with Crippen molar-refractivity contribution in [1.29, 1.82) is 0 Å². The Morgan fingerprint density at radius 2 is 1.64 bits per heavy atom. The third kappa shape index (κ3) is 7.69. The second-order valence-electron chi connectivity index (χ2n) is 7.40. The number of aliphatic imine (C=N–C) groups is 1. The van der Waals surface area contributed by atoms with Crippen LogP contribution in [0.2, 0.25) is 0 Å². The number of nitrogens with zero attached hydrogens (tertiary/aromatic N) is 3. The van der Waals surface area contributed by atoms with Crippen molar-refractivity contribution < 1.29 is 14.3 Å². The summed E-state index contributed by atoms with van der Waals surface area (Å²) in [6.07, 6.45) is 0. The summed E-state index contributed by atoms with van der Waals surface area (Å²) in [6, 6.07) is 15.3. The molecule has 2 aromatic carbocycles. The topological polar surface area (TPSA) is 78.4 Å². The van der Waals surface area contributed by atoms with Crippen LogP contribution in [0.15, 0.2) is 53.5 Å². The van der Waals surface area contributed by atoms with Gasteiger partial charge in [0.25, 0.3) is 5.91 Å². The van der Waals surface area contributed by atoms with Crippen LogP contribution in [0, 0.1) is 0 Å². The van der Waals surface area contributed by atoms with Crippen LogP contribution in [0.1, 0.15) is 17.3 Å². The molecule has 8 nitrogen and oxygen atoms in total. The molecular weight excluding hydrogens is 533 g/mol. The highest BCUT2D eigenvalue weighted by Gasteiger charge is 2.20. The lowest BCUT2D eigenvalue weighted by atomic mass is 10.2. The molecule has 9 heteroatoms. The number of hydrogen-bond acceptors (Lipinski definition) is 5. The predicted octanol–water partition coefficient (Wildman–Crippen LogP) is 2.84. The molecule has 0 saturated carbocycles. The quantitative estimate of drug-likeness (QED) is 0.221. The minimum Gasteiger partial charge on any atom is -0.497 e. The number of ether oxygens (including phenoxy) is 2. The molecule has 1 amide bonds. The Morgan fingerprint density at radius 1 is 0.970 bits per heavy atom. The van der Waals surface area contributed by atoms with Crippen LogP contribution in [0.5, 0.6) is 11.5 Å². The zero-order chi connectivity index (χ0) is 22.8. The molecule has 1 fully saturated rings. The van der Waals surface area contributed by atoms with E-state index in [1.165, 1.54) is 5.69 Å². The standard InChI is InChI=1S/C24H33N5O3.HI/c1-4-25-24(27-12-11-26-23(30)19-7-5-9-21(17-19)31-2)29-15-13-28(14-16-29)20-8-6-10-22(18-20)32-3;/h5-10,17-18H,4,11-16H2,1-3H3,(H,25,27)(H,26,30);1H. The first-order valence-corrected chi connectivity index (χ1v) is 11.0. The first kappa shape index (κ1) is 26.6. The summed E-state index contributed by atoms with van der Waals surface area (Å²) in [5.74, 6) is 2.29. The third-order valence-corrected chi connectivity index (χ3v) is 5.32. The van der Waals surface area contributed by atoms with Gasteiger partial charge in [-0.3, -0.25) is 9.79 Å². The van der Waals surface area contributed by atoms with Crippen LogP contribution in [0.25, 0.3) is 0 Å². The van der Waals surface area contributed by atoms with E-state index in [-0.39, 0.29) is 29.9 Å². The van der Waals surface area contributed by atoms with Crippen molar-refractivity contribution in [3.63, 3.8) is 0 Å². The summed E-state index contributed by atoms with van der Waals surface area (Å²) < 4.78 is 10.5. The van der Waals surface area contributed by atoms with E-state index in [9.17, 15) is 4.79 Å². The molecule has 180 valence electrons. The monoisotopic (exact) mass is 567 g/mol. The van der Waals surface area contributed by atoms with E-state index in [4.69, 9.17) is 14.5 Å². The van der Waals surface area contributed by atoms with E-state index in [2.05, 4.69) is 39.5 Å². The molecule has 1 aliphatic rings. The van der Waals surface area contributed by atoms with E-state index in [1.807, 2.05) is 18.2 Å². The molecule has 0 aromatic heterocycles. The largest absolute Gasteiger partial charge is 0.497 e. The highest BCUT2D eigenvalue weighted by Crippen LogP contribution is 2.22. The Bertz CT molecular complexity index is 916. The Hall–Kier alpha value is -2.69. The summed E-state index contributed by atoms with van der Waals surface area (Å²) >= 11 is 0. The van der Waals surface area contributed by atoms with Crippen LogP contribution in [-0.2, 0) is 0 Å². The molecule has 0 aliphatic carbocycles. The molecule has 2 aromatic rings. The summed E-state index contributed by atoms with van der Waals surface area (Å²) in [5.41, 5.74) is 1.75. The maximum Gasteiger partial charge on any atom is 0.251 e. The number of halogens is 1. The minimum atomic E-state index is -0.129. The maximum absolute atomic E-state index is 12.3. The lowest BCUT2D eigenvalue weighted by molar-refractivity contribution is 0.0954. The van der Waals surface area contributed by atoms with Crippen molar-refractivity contribution in [2.45, 2.75) is 6.92 Å². The SMILES string of the molecule is CCNC(=NCCNC(=O)c1cccc(OC)c1)N1CCN(c2cccc(OC)c2)CC1.I. The van der Waals surface area contributed by atoms with Gasteiger partial charge in [0.1, 0.15) is 11.5 Å². The van der Waals surface area contributed by atoms with Crippen LogP contribution in [0.3, 0.4) is 0 Å². The number of nitrogens with one attached hydrogen (secondary N) is 2. The molecular formula is C24H34IN5O3. The van der Waals surface area contributed by atoms with Crippen LogP contribution < -0.4 is 25.0 Å². The third-order valence-electron chi connectivity index (χ3n) is 5.32. The maximum atomic E-state index is 12.3. The van der Waals surface area contributed by atoms with Gasteiger partial charge in [-0.1, -0.05) is 12.1 Å². The van der Waals surface area contributed by atoms with Gasteiger partial charge in [0.2, 0.25) is 0 Å². The normalized spacial score (nSPS) is 13.7. The van der Waals surface area contributed by atoms with Gasteiger partial charge in [0, 0.05) is 56.6 Å². The number of guanidine groups is 1. The fourth-order valence-electron chi connectivity index (χ4n) is 3.61. The first-order valence-electron chi connectivity index (χ1n) is 11.0. The fourth-order valence-corrected chi connectivity index (χ4v) is 3.61. The van der Waals surface area contributed by atoms with E-state index in [0.717, 1.165) is 44.4 Å². The Morgan fingerprint density at radius 3 is 2.30 bits per heavy atom. The van der Waals surface area contributed by atoms with Gasteiger partial charge < -0.3 is 29.9 Å². The highest BCUT2D eigenvalue weighted by atomic mass is 127. The Kier molecular flexibility index (Phi) is 11.1. The minimum absolute atomic E-state index is 0. The zero-order valence-corrected chi connectivity index (χ0v) is 21.9. The average Bonchev–Trinajstić information content (AvgIpc) is 2.86. The molecule has 1 aliphatic heterocycles. The summed E-state index contributed by atoms with van der Waals surface area (Å²) in [7, 11) is 3.28. The molecule has 1 heterocycles. The lowest BCUT2D eigenvalue weighted by Gasteiger charge is -2.37. The molecule has 0 spiro atoms. The second kappa shape index (κ2) is 13.8. The van der Waals surface area contributed by atoms with Crippen molar-refractivity contribution in [3.05, 3.63) is 54.1 Å². The van der Waals surface area contributed by atoms with Crippen LogP contribution >= 0.6 is 24.0 Å². The van der Waals surface area contributed by atoms with Gasteiger partial charge in [-0.05, 0) is 37.3 Å². The predicted molar refractivity (Wildman–Crippen MR) is 144 cm³/mol. The number of hydrogen-bond donors (Lipinski definition) is 2. The fraction of sp³-hybridized carbons (Fsp3) is 0.417. The van der Waals surface area contributed by atoms with E-state index >= 15 is 0 Å². The molecule has 33 heavy (non-hydrogen) atoms. The summed E-state index contributed by atoms with van der Waals surface area (Å²) in [5, 5.41) is 6.29. The number of carbonyl (C=O) groups is 1. The number of anilines is 1. The second-order valence-corrected chi connectivity index (χ2v) is 7.40. The van der Waals surface area contributed by atoms with Crippen molar-refractivity contribution in [3.8, 4) is 11.5 Å². The molecule has 0 unspecified atom stereocenters. The Labute approximate surface area is 213 Å². The van der Waals surface area contributed by atoms with Gasteiger partial charge in [0.05, 0.1) is 20.8 Å². The van der Waals surface area contributed by atoms with Crippen LogP contribution in [0.4, 0.5) is 5.69 Å². The van der Waals surface area contributed by atoms with E-state index < -0.39 is 0 Å². The van der Waals surface area contributed by atoms with Gasteiger partial charge >= 0.3 is 0 Å². The van der Waals surface area contributed by atoms with E-state index in [1.54, 1.807) is 32.4 Å². The highest BCUT2D eigenvalue weighted by molar-refractivity contribution is 14.0. The van der Waals surface area contributed by atoms with Crippen LogP contribution in [-0.4, -0.2) is 76.8 Å². The Balaban J connectivity index is 0.00000385. The van der Waals surface area contributed by atoms with Crippen molar-refractivity contribution in [1.82, 2.24) is 15.5 Å².